The first-order valence-electron chi connectivity index (χ1n) is 6.09. The zero-order chi connectivity index (χ0) is 10.8. The zero-order valence-electron chi connectivity index (χ0n) is 10.6. The molecule has 0 saturated heterocycles. The van der Waals surface area contributed by atoms with Gasteiger partial charge in [-0.25, -0.2) is 0 Å². The van der Waals surface area contributed by atoms with Crippen molar-refractivity contribution in [2.75, 3.05) is 13.6 Å². The summed E-state index contributed by atoms with van der Waals surface area (Å²) in [6, 6.07) is 0.868. The Morgan fingerprint density at radius 3 is 2.29 bits per heavy atom. The Morgan fingerprint density at radius 1 is 1.21 bits per heavy atom. The molecule has 0 aromatic heterocycles. The molecule has 0 aliphatic heterocycles. The minimum atomic E-state index is 0.485. The van der Waals surface area contributed by atoms with E-state index < -0.39 is 0 Å². The fourth-order valence-corrected chi connectivity index (χ4v) is 2.27. The first-order chi connectivity index (χ1) is 6.38. The molecular formula is C13H27N. The average Bonchev–Trinajstić information content (AvgIpc) is 2.46. The second-order valence-electron chi connectivity index (χ2n) is 6.36. The van der Waals surface area contributed by atoms with E-state index in [1.165, 1.54) is 32.2 Å². The standard InChI is InChI=1S/C13H27N/c1-11-6-7-12(10-11)14(5)9-8-13(2,3)4/h11-12H,6-10H2,1-5H3. The Kier molecular flexibility index (Phi) is 4.00. The van der Waals surface area contributed by atoms with E-state index >= 15 is 0 Å². The summed E-state index contributed by atoms with van der Waals surface area (Å²) in [7, 11) is 2.30. The van der Waals surface area contributed by atoms with E-state index in [-0.39, 0.29) is 0 Å². The summed E-state index contributed by atoms with van der Waals surface area (Å²) in [6.45, 7) is 10.6. The molecule has 0 N–H and O–H groups in total. The van der Waals surface area contributed by atoms with Gasteiger partial charge in [0.15, 0.2) is 0 Å². The van der Waals surface area contributed by atoms with Crippen molar-refractivity contribution >= 4 is 0 Å². The smallest absolute Gasteiger partial charge is 0.00948 e. The van der Waals surface area contributed by atoms with Crippen LogP contribution in [0.2, 0.25) is 0 Å². The van der Waals surface area contributed by atoms with Gasteiger partial charge in [0.2, 0.25) is 0 Å². The van der Waals surface area contributed by atoms with Crippen molar-refractivity contribution in [1.29, 1.82) is 0 Å². The van der Waals surface area contributed by atoms with Gasteiger partial charge in [0.1, 0.15) is 0 Å². The van der Waals surface area contributed by atoms with Crippen molar-refractivity contribution in [3.8, 4) is 0 Å². The summed E-state index contributed by atoms with van der Waals surface area (Å²) >= 11 is 0. The average molecular weight is 197 g/mol. The third kappa shape index (κ3) is 4.00. The Balaban J connectivity index is 2.25. The molecule has 1 aliphatic rings. The second-order valence-corrected chi connectivity index (χ2v) is 6.36. The van der Waals surface area contributed by atoms with E-state index in [1.54, 1.807) is 0 Å². The van der Waals surface area contributed by atoms with Crippen LogP contribution in [0.15, 0.2) is 0 Å². The van der Waals surface area contributed by atoms with Crippen molar-refractivity contribution in [1.82, 2.24) is 4.90 Å². The first-order valence-corrected chi connectivity index (χ1v) is 6.09. The highest BCUT2D eigenvalue weighted by Crippen LogP contribution is 2.29. The highest BCUT2D eigenvalue weighted by Gasteiger charge is 2.25. The quantitative estimate of drug-likeness (QED) is 0.669. The lowest BCUT2D eigenvalue weighted by atomic mass is 9.92. The van der Waals surface area contributed by atoms with Gasteiger partial charge >= 0.3 is 0 Å². The molecule has 1 nitrogen and oxygen atoms in total. The van der Waals surface area contributed by atoms with Crippen molar-refractivity contribution in [3.63, 3.8) is 0 Å². The maximum atomic E-state index is 2.58. The van der Waals surface area contributed by atoms with Crippen LogP contribution in [-0.2, 0) is 0 Å². The van der Waals surface area contributed by atoms with Gasteiger partial charge in [-0.2, -0.15) is 0 Å². The van der Waals surface area contributed by atoms with Gasteiger partial charge in [0, 0.05) is 6.04 Å². The summed E-state index contributed by atoms with van der Waals surface area (Å²) in [5, 5.41) is 0. The van der Waals surface area contributed by atoms with Gasteiger partial charge < -0.3 is 4.90 Å². The van der Waals surface area contributed by atoms with E-state index in [0.717, 1.165) is 12.0 Å². The molecule has 84 valence electrons. The van der Waals surface area contributed by atoms with E-state index in [0.29, 0.717) is 5.41 Å². The summed E-state index contributed by atoms with van der Waals surface area (Å²) in [5.74, 6) is 0.956. The fraction of sp³-hybridized carbons (Fsp3) is 1.00. The molecule has 0 amide bonds. The number of rotatable bonds is 3. The first kappa shape index (κ1) is 12.0. The molecule has 0 radical (unpaired) electrons. The van der Waals surface area contributed by atoms with Crippen LogP contribution < -0.4 is 0 Å². The molecule has 0 spiro atoms. The van der Waals surface area contributed by atoms with Crippen molar-refractivity contribution in [2.45, 2.75) is 59.4 Å². The van der Waals surface area contributed by atoms with Gasteiger partial charge in [-0.3, -0.25) is 0 Å². The SMILES string of the molecule is CC1CCC(N(C)CCC(C)(C)C)C1. The molecule has 2 unspecified atom stereocenters. The Morgan fingerprint density at radius 2 is 1.86 bits per heavy atom. The molecule has 1 aliphatic carbocycles. The van der Waals surface area contributed by atoms with Gasteiger partial charge in [0.05, 0.1) is 0 Å². The predicted octanol–water partition coefficient (Wildman–Crippen LogP) is 3.54. The van der Waals surface area contributed by atoms with E-state index in [2.05, 4.69) is 39.6 Å². The zero-order valence-corrected chi connectivity index (χ0v) is 10.6. The highest BCUT2D eigenvalue weighted by molar-refractivity contribution is 4.80. The van der Waals surface area contributed by atoms with Crippen LogP contribution in [0.5, 0.6) is 0 Å². The van der Waals surface area contributed by atoms with Gasteiger partial charge in [-0.1, -0.05) is 27.7 Å². The van der Waals surface area contributed by atoms with Crippen LogP contribution in [-0.4, -0.2) is 24.5 Å². The number of nitrogens with zero attached hydrogens (tertiary/aromatic N) is 1. The monoisotopic (exact) mass is 197 g/mol. The van der Waals surface area contributed by atoms with Crippen LogP contribution in [0.3, 0.4) is 0 Å². The third-order valence-electron chi connectivity index (χ3n) is 3.50. The predicted molar refractivity (Wildman–Crippen MR) is 63.5 cm³/mol. The largest absolute Gasteiger partial charge is 0.303 e. The molecule has 2 atom stereocenters. The Hall–Kier alpha value is -0.0400. The lowest BCUT2D eigenvalue weighted by Gasteiger charge is -2.28. The number of hydrogen-bond donors (Lipinski definition) is 0. The second kappa shape index (κ2) is 4.65. The lowest BCUT2D eigenvalue weighted by Crippen LogP contribution is -2.32. The molecule has 0 bridgehead atoms. The maximum absolute atomic E-state index is 2.58. The molecule has 14 heavy (non-hydrogen) atoms. The third-order valence-corrected chi connectivity index (χ3v) is 3.50. The minimum absolute atomic E-state index is 0.485. The van der Waals surface area contributed by atoms with Crippen LogP contribution >= 0.6 is 0 Å². The van der Waals surface area contributed by atoms with Crippen LogP contribution in [0.4, 0.5) is 0 Å². The van der Waals surface area contributed by atoms with E-state index in [9.17, 15) is 0 Å². The number of hydrogen-bond acceptors (Lipinski definition) is 1. The summed E-state index contributed by atoms with van der Waals surface area (Å²) in [6.07, 6.45) is 5.58. The van der Waals surface area contributed by atoms with E-state index in [4.69, 9.17) is 0 Å². The van der Waals surface area contributed by atoms with E-state index in [1.807, 2.05) is 0 Å². The molecule has 1 heteroatoms. The van der Waals surface area contributed by atoms with Crippen molar-refractivity contribution in [3.05, 3.63) is 0 Å². The van der Waals surface area contributed by atoms with Crippen LogP contribution in [0.25, 0.3) is 0 Å². The van der Waals surface area contributed by atoms with Crippen LogP contribution in [0.1, 0.15) is 53.4 Å². The minimum Gasteiger partial charge on any atom is -0.303 e. The fourth-order valence-electron chi connectivity index (χ4n) is 2.27. The molecule has 0 heterocycles. The lowest BCUT2D eigenvalue weighted by molar-refractivity contribution is 0.205. The molecule has 0 aromatic carbocycles. The molecule has 0 aromatic rings. The molecule has 1 saturated carbocycles. The summed E-state index contributed by atoms with van der Waals surface area (Å²) in [5.41, 5.74) is 0.485. The summed E-state index contributed by atoms with van der Waals surface area (Å²) in [4.78, 5) is 2.58. The van der Waals surface area contributed by atoms with Crippen molar-refractivity contribution < 1.29 is 0 Å². The van der Waals surface area contributed by atoms with Crippen molar-refractivity contribution in [2.24, 2.45) is 11.3 Å². The topological polar surface area (TPSA) is 3.24 Å². The highest BCUT2D eigenvalue weighted by atomic mass is 15.1. The summed E-state index contributed by atoms with van der Waals surface area (Å²) < 4.78 is 0. The van der Waals surface area contributed by atoms with Crippen LogP contribution in [0, 0.1) is 11.3 Å². The maximum Gasteiger partial charge on any atom is 0.00948 e. The normalized spacial score (nSPS) is 28.7. The molecule has 1 rings (SSSR count). The van der Waals surface area contributed by atoms with Gasteiger partial charge in [-0.15, -0.1) is 0 Å². The Labute approximate surface area is 89.9 Å². The van der Waals surface area contributed by atoms with Gasteiger partial charge in [-0.05, 0) is 50.6 Å². The molecular weight excluding hydrogens is 170 g/mol. The molecule has 1 fully saturated rings. The van der Waals surface area contributed by atoms with Gasteiger partial charge in [0.25, 0.3) is 0 Å². The Bertz CT molecular complexity index is 169.